The number of rotatable bonds is 11. The maximum absolute atomic E-state index is 13.3. The Balaban J connectivity index is 1.06. The number of urea groups is 1. The van der Waals surface area contributed by atoms with Crippen molar-refractivity contribution < 1.29 is 24.4 Å². The van der Waals surface area contributed by atoms with Crippen LogP contribution in [0.15, 0.2) is 24.3 Å². The molecule has 1 aliphatic heterocycles. The molecule has 5 fully saturated rings. The summed E-state index contributed by atoms with van der Waals surface area (Å²) in [6.45, 7) is 6.37. The smallest absolute Gasteiger partial charge is 0.319 e. The van der Waals surface area contributed by atoms with E-state index >= 15 is 0 Å². The minimum Gasteiger partial charge on any atom is -0.356 e. The van der Waals surface area contributed by atoms with Crippen LogP contribution in [0, 0.1) is 22.7 Å². The topological polar surface area (TPSA) is 140 Å². The van der Waals surface area contributed by atoms with E-state index in [0.717, 1.165) is 51.4 Å². The fraction of sp³-hybridized carbons (Fsp3) is 0.697. The zero-order chi connectivity index (χ0) is 30.7. The Hall–Kier alpha value is -3.14. The van der Waals surface area contributed by atoms with Crippen molar-refractivity contribution in [1.82, 2.24) is 21.0 Å². The Morgan fingerprint density at radius 1 is 0.930 bits per heavy atom. The highest BCUT2D eigenvalue weighted by Crippen LogP contribution is 2.66. The van der Waals surface area contributed by atoms with E-state index in [-0.39, 0.29) is 35.2 Å². The largest absolute Gasteiger partial charge is 0.356 e. The van der Waals surface area contributed by atoms with Crippen LogP contribution in [-0.4, -0.2) is 59.0 Å². The molecule has 5 aliphatic rings. The number of unbranched alkanes of at least 4 members (excludes halogenated alkanes) is 3. The summed E-state index contributed by atoms with van der Waals surface area (Å²) in [4.78, 5) is 51.9. The van der Waals surface area contributed by atoms with Crippen molar-refractivity contribution >= 4 is 29.4 Å². The Labute approximate surface area is 255 Å². The van der Waals surface area contributed by atoms with Gasteiger partial charge < -0.3 is 20.9 Å². The van der Waals surface area contributed by atoms with E-state index in [1.54, 1.807) is 34.6 Å². The van der Waals surface area contributed by atoms with Crippen LogP contribution in [-0.2, 0) is 9.59 Å². The number of nitrogens with zero attached hydrogens (tertiary/aromatic N) is 1. The summed E-state index contributed by atoms with van der Waals surface area (Å²) in [5.74, 6) is -0.0382. The lowest BCUT2D eigenvalue weighted by molar-refractivity contribution is -0.129. The Bertz CT molecular complexity index is 1180. The lowest BCUT2D eigenvalue weighted by Gasteiger charge is -2.65. The minimum absolute atomic E-state index is 0.0234. The van der Waals surface area contributed by atoms with E-state index in [4.69, 9.17) is 5.21 Å². The predicted molar refractivity (Wildman–Crippen MR) is 163 cm³/mol. The first-order chi connectivity index (χ1) is 20.5. The highest BCUT2D eigenvalue weighted by molar-refractivity contribution is 5.96. The third-order valence-corrected chi connectivity index (χ3v) is 10.2. The quantitative estimate of drug-likeness (QED) is 0.139. The van der Waals surface area contributed by atoms with Gasteiger partial charge in [0.15, 0.2) is 0 Å². The molecule has 0 radical (unpaired) electrons. The number of hydrogen-bond acceptors (Lipinski definition) is 5. The fourth-order valence-electron chi connectivity index (χ4n) is 9.42. The lowest BCUT2D eigenvalue weighted by atomic mass is 9.43. The summed E-state index contributed by atoms with van der Waals surface area (Å²) >= 11 is 0. The molecule has 43 heavy (non-hydrogen) atoms. The van der Waals surface area contributed by atoms with Crippen molar-refractivity contribution in [3.8, 4) is 0 Å². The lowest BCUT2D eigenvalue weighted by Crippen LogP contribution is -2.65. The number of anilines is 1. The highest BCUT2D eigenvalue weighted by atomic mass is 16.5. The van der Waals surface area contributed by atoms with E-state index in [1.807, 2.05) is 0 Å². The number of nitrogens with one attached hydrogen (secondary N) is 4. The van der Waals surface area contributed by atoms with E-state index in [0.29, 0.717) is 60.5 Å². The molecule has 4 aliphatic carbocycles. The molecule has 1 heterocycles. The number of likely N-dealkylation sites (tertiary alicyclic amines) is 1. The molecule has 5 N–H and O–H groups in total. The van der Waals surface area contributed by atoms with Gasteiger partial charge in [-0.2, -0.15) is 0 Å². The maximum Gasteiger partial charge on any atom is 0.319 e. The summed E-state index contributed by atoms with van der Waals surface area (Å²) in [6, 6.07) is 6.88. The molecule has 2 unspecified atom stereocenters. The molecular formula is C33H49N5O5. The number of hydroxylamine groups is 1. The Morgan fingerprint density at radius 2 is 1.63 bits per heavy atom. The zero-order valence-corrected chi connectivity index (χ0v) is 25.8. The molecular weight excluding hydrogens is 546 g/mol. The number of benzene rings is 1. The van der Waals surface area contributed by atoms with Gasteiger partial charge in [0.05, 0.1) is 5.92 Å². The molecule has 1 aromatic carbocycles. The van der Waals surface area contributed by atoms with Crippen LogP contribution in [0.1, 0.15) is 108 Å². The van der Waals surface area contributed by atoms with E-state index < -0.39 is 0 Å². The van der Waals surface area contributed by atoms with Gasteiger partial charge in [-0.05, 0) is 105 Å². The van der Waals surface area contributed by atoms with Crippen molar-refractivity contribution in [2.24, 2.45) is 22.7 Å². The molecule has 0 spiro atoms. The Kier molecular flexibility index (Phi) is 9.34. The number of carbonyl (C=O) groups excluding carboxylic acids is 4. The molecule has 0 aromatic heterocycles. The predicted octanol–water partition coefficient (Wildman–Crippen LogP) is 4.98. The average Bonchev–Trinajstić information content (AvgIpc) is 2.94. The van der Waals surface area contributed by atoms with Crippen molar-refractivity contribution in [3.63, 3.8) is 0 Å². The summed E-state index contributed by atoms with van der Waals surface area (Å²) in [5, 5.41) is 17.9. The molecule has 5 atom stereocenters. The summed E-state index contributed by atoms with van der Waals surface area (Å²) in [7, 11) is 0. The first-order valence-corrected chi connectivity index (χ1v) is 16.2. The number of hydrogen-bond donors (Lipinski definition) is 5. The average molecular weight is 596 g/mol. The number of piperidine rings is 1. The van der Waals surface area contributed by atoms with Gasteiger partial charge in [-0.1, -0.05) is 26.7 Å². The van der Waals surface area contributed by atoms with E-state index in [9.17, 15) is 19.2 Å². The van der Waals surface area contributed by atoms with Crippen LogP contribution in [0.5, 0.6) is 0 Å². The monoisotopic (exact) mass is 595 g/mol. The molecule has 5 amide bonds. The van der Waals surface area contributed by atoms with Gasteiger partial charge >= 0.3 is 6.03 Å². The van der Waals surface area contributed by atoms with Crippen molar-refractivity contribution in [1.29, 1.82) is 0 Å². The second kappa shape index (κ2) is 12.8. The fourth-order valence-corrected chi connectivity index (χ4v) is 9.42. The third kappa shape index (κ3) is 7.69. The second-order valence-electron chi connectivity index (χ2n) is 14.6. The molecule has 10 nitrogen and oxygen atoms in total. The number of carbonyl (C=O) groups is 4. The minimum atomic E-state index is -0.378. The molecule has 1 saturated heterocycles. The van der Waals surface area contributed by atoms with Gasteiger partial charge in [-0.25, -0.2) is 10.3 Å². The van der Waals surface area contributed by atoms with Crippen LogP contribution < -0.4 is 21.4 Å². The summed E-state index contributed by atoms with van der Waals surface area (Å²) < 4.78 is 0. The van der Waals surface area contributed by atoms with Crippen molar-refractivity contribution in [2.75, 3.05) is 25.0 Å². The molecule has 6 rings (SSSR count). The van der Waals surface area contributed by atoms with Gasteiger partial charge in [0.25, 0.3) is 5.91 Å². The number of amides is 5. The van der Waals surface area contributed by atoms with Crippen molar-refractivity contribution in [3.05, 3.63) is 29.8 Å². The van der Waals surface area contributed by atoms with Gasteiger partial charge in [0, 0.05) is 42.8 Å². The SMILES string of the molecule is C[C@]12CC3CC(NC(=O)Nc4ccc(C(=O)N5CCC[C@H](C(=O)NCCCCCCC(=O)NO)C5)cc4)(C1)C[C@@](C)(C3)C2. The van der Waals surface area contributed by atoms with Crippen LogP contribution in [0.3, 0.4) is 0 Å². The van der Waals surface area contributed by atoms with Crippen LogP contribution in [0.2, 0.25) is 0 Å². The van der Waals surface area contributed by atoms with Crippen LogP contribution in [0.4, 0.5) is 10.5 Å². The summed E-state index contributed by atoms with van der Waals surface area (Å²) in [5.41, 5.74) is 3.35. The van der Waals surface area contributed by atoms with E-state index in [1.165, 1.54) is 19.3 Å². The maximum atomic E-state index is 13.3. The van der Waals surface area contributed by atoms with Crippen LogP contribution >= 0.6 is 0 Å². The van der Waals surface area contributed by atoms with Crippen LogP contribution in [0.25, 0.3) is 0 Å². The van der Waals surface area contributed by atoms with Gasteiger partial charge in [0.1, 0.15) is 0 Å². The first-order valence-electron chi connectivity index (χ1n) is 16.2. The zero-order valence-electron chi connectivity index (χ0n) is 25.8. The van der Waals surface area contributed by atoms with Crippen molar-refractivity contribution in [2.45, 2.75) is 103 Å². The molecule has 4 bridgehead atoms. The van der Waals surface area contributed by atoms with Gasteiger partial charge in [-0.15, -0.1) is 0 Å². The third-order valence-electron chi connectivity index (χ3n) is 10.2. The normalized spacial score (nSPS) is 30.9. The van der Waals surface area contributed by atoms with E-state index in [2.05, 4.69) is 29.8 Å². The molecule has 1 aromatic rings. The molecule has 4 saturated carbocycles. The Morgan fingerprint density at radius 3 is 2.30 bits per heavy atom. The summed E-state index contributed by atoms with van der Waals surface area (Å²) in [6.07, 6.45) is 12.1. The highest BCUT2D eigenvalue weighted by Gasteiger charge is 2.60. The first kappa shape index (κ1) is 31.3. The van der Waals surface area contributed by atoms with Gasteiger partial charge in [-0.3, -0.25) is 19.6 Å². The molecule has 236 valence electrons. The van der Waals surface area contributed by atoms with Gasteiger partial charge in [0.2, 0.25) is 11.8 Å². The standard InChI is InChI=1S/C33H49N5O5/c1-31-16-23-17-32(2,20-31)22-33(18-23,21-31)36-30(42)35-26-12-10-24(11-13-26)29(41)38-15-7-8-25(19-38)28(40)34-14-6-4-3-5-9-27(39)37-43/h10-13,23,25,43H,3-9,14-22H2,1-2H3,(H,34,40)(H,37,39)(H2,35,36,42)/t23?,25-,31-,32+,33?/m0/s1. The molecule has 10 heteroatoms. The second-order valence-corrected chi connectivity index (χ2v) is 14.6.